The Bertz CT molecular complexity index is 492. The van der Waals surface area contributed by atoms with Crippen LogP contribution in [-0.4, -0.2) is 4.92 Å². The first kappa shape index (κ1) is 18.8. The van der Waals surface area contributed by atoms with E-state index in [0.717, 1.165) is 18.4 Å². The predicted molar refractivity (Wildman–Crippen MR) is 89.6 cm³/mol. The molecule has 0 amide bonds. The van der Waals surface area contributed by atoms with Crippen LogP contribution < -0.4 is 0 Å². The summed E-state index contributed by atoms with van der Waals surface area (Å²) < 4.78 is 0. The average Bonchev–Trinajstić information content (AvgIpc) is 2.58. The Kier molecular flexibility index (Phi) is 10.5. The van der Waals surface area contributed by atoms with E-state index in [-0.39, 0.29) is 10.6 Å². The number of nitro benzene ring substituents is 1. The molecule has 0 atom stereocenters. The molecule has 0 aromatic heterocycles. The molecule has 0 fully saturated rings. The molecule has 2 aromatic rings. The summed E-state index contributed by atoms with van der Waals surface area (Å²) in [5, 5.41) is 10.5. The fraction of sp³-hybridized carbons (Fsp3) is 0.333. The van der Waals surface area contributed by atoms with E-state index in [4.69, 9.17) is 0 Å². The van der Waals surface area contributed by atoms with E-state index >= 15 is 0 Å². The van der Waals surface area contributed by atoms with Gasteiger partial charge >= 0.3 is 0 Å². The molecular formula is C18H25NO2. The number of non-ortho nitro benzene ring substituents is 1. The fourth-order valence-electron chi connectivity index (χ4n) is 1.72. The molecule has 2 rings (SSSR count). The van der Waals surface area contributed by atoms with Gasteiger partial charge in [0.1, 0.15) is 0 Å². The van der Waals surface area contributed by atoms with Crippen LogP contribution in [0.4, 0.5) is 5.69 Å². The summed E-state index contributed by atoms with van der Waals surface area (Å²) in [6.45, 7) is 8.00. The maximum Gasteiger partial charge on any atom is 0.269 e. The van der Waals surface area contributed by atoms with Gasteiger partial charge in [0.2, 0.25) is 0 Å². The van der Waals surface area contributed by atoms with Gasteiger partial charge in [-0.05, 0) is 24.0 Å². The fourth-order valence-corrected chi connectivity index (χ4v) is 1.72. The van der Waals surface area contributed by atoms with Gasteiger partial charge in [0.05, 0.1) is 4.92 Å². The van der Waals surface area contributed by atoms with Gasteiger partial charge in [-0.25, -0.2) is 0 Å². The van der Waals surface area contributed by atoms with Gasteiger partial charge in [-0.1, -0.05) is 70.2 Å². The molecule has 0 aliphatic rings. The molecular weight excluding hydrogens is 262 g/mol. The molecule has 21 heavy (non-hydrogen) atoms. The van der Waals surface area contributed by atoms with Crippen molar-refractivity contribution in [3.8, 4) is 0 Å². The lowest BCUT2D eigenvalue weighted by Gasteiger charge is -2.01. The molecule has 0 aliphatic heterocycles. The average molecular weight is 287 g/mol. The van der Waals surface area contributed by atoms with Crippen molar-refractivity contribution in [3.05, 3.63) is 75.8 Å². The second-order valence-corrected chi connectivity index (χ2v) is 3.91. The quantitative estimate of drug-likeness (QED) is 0.555. The second-order valence-electron chi connectivity index (χ2n) is 3.91. The predicted octanol–water partition coefficient (Wildman–Crippen LogP) is 5.43. The van der Waals surface area contributed by atoms with Crippen LogP contribution in [0.25, 0.3) is 0 Å². The monoisotopic (exact) mass is 287 g/mol. The molecule has 3 heteroatoms. The number of hydrogen-bond donors (Lipinski definition) is 0. The van der Waals surface area contributed by atoms with Gasteiger partial charge in [-0.15, -0.1) is 0 Å². The minimum atomic E-state index is -0.374. The largest absolute Gasteiger partial charge is 0.269 e. The Labute approximate surface area is 127 Å². The smallest absolute Gasteiger partial charge is 0.258 e. The summed E-state index contributed by atoms with van der Waals surface area (Å²) in [4.78, 5) is 10.1. The van der Waals surface area contributed by atoms with Gasteiger partial charge in [-0.3, -0.25) is 10.1 Å². The summed E-state index contributed by atoms with van der Waals surface area (Å²) in [6.07, 6.45) is 1.86. The molecule has 114 valence electrons. The molecule has 3 nitrogen and oxygen atoms in total. The SMILES string of the molecule is CC.CC.O=[N+]([O-])c1ccc(CCc2ccccc2)cc1. The van der Waals surface area contributed by atoms with Crippen LogP contribution >= 0.6 is 0 Å². The highest BCUT2D eigenvalue weighted by atomic mass is 16.6. The molecule has 0 heterocycles. The van der Waals surface area contributed by atoms with Gasteiger partial charge in [0, 0.05) is 12.1 Å². The summed E-state index contributed by atoms with van der Waals surface area (Å²) in [5.41, 5.74) is 2.55. The van der Waals surface area contributed by atoms with Crippen LogP contribution in [0.15, 0.2) is 54.6 Å². The normalized spacial score (nSPS) is 8.76. The maximum absolute atomic E-state index is 10.5. The lowest BCUT2D eigenvalue weighted by molar-refractivity contribution is -0.384. The van der Waals surface area contributed by atoms with Crippen molar-refractivity contribution in [3.63, 3.8) is 0 Å². The van der Waals surface area contributed by atoms with E-state index < -0.39 is 0 Å². The first-order valence-corrected chi connectivity index (χ1v) is 7.53. The number of nitro groups is 1. The minimum absolute atomic E-state index is 0.147. The summed E-state index contributed by atoms with van der Waals surface area (Å²) in [5.74, 6) is 0. The van der Waals surface area contributed by atoms with Gasteiger partial charge in [0.15, 0.2) is 0 Å². The third-order valence-electron chi connectivity index (χ3n) is 2.69. The van der Waals surface area contributed by atoms with E-state index in [9.17, 15) is 10.1 Å². The highest BCUT2D eigenvalue weighted by molar-refractivity contribution is 5.33. The Morgan fingerprint density at radius 3 is 1.62 bits per heavy atom. The number of aryl methyl sites for hydroxylation is 2. The van der Waals surface area contributed by atoms with Crippen LogP contribution in [0.3, 0.4) is 0 Å². The highest BCUT2D eigenvalue weighted by Gasteiger charge is 2.03. The molecule has 0 aliphatic carbocycles. The molecule has 0 radical (unpaired) electrons. The first-order valence-electron chi connectivity index (χ1n) is 7.53. The van der Waals surface area contributed by atoms with Crippen LogP contribution in [0, 0.1) is 10.1 Å². The summed E-state index contributed by atoms with van der Waals surface area (Å²) >= 11 is 0. The molecule has 0 N–H and O–H groups in total. The van der Waals surface area contributed by atoms with E-state index in [2.05, 4.69) is 12.1 Å². The second kappa shape index (κ2) is 11.6. The number of rotatable bonds is 4. The Hall–Kier alpha value is -2.16. The van der Waals surface area contributed by atoms with Crippen molar-refractivity contribution >= 4 is 5.69 Å². The molecule has 0 bridgehead atoms. The third kappa shape index (κ3) is 7.25. The zero-order valence-electron chi connectivity index (χ0n) is 13.4. The van der Waals surface area contributed by atoms with E-state index in [1.54, 1.807) is 12.1 Å². The Balaban J connectivity index is 0.000000921. The molecule has 0 saturated carbocycles. The van der Waals surface area contributed by atoms with Crippen molar-refractivity contribution in [2.75, 3.05) is 0 Å². The number of hydrogen-bond acceptors (Lipinski definition) is 2. The van der Waals surface area contributed by atoms with E-state index in [0.29, 0.717) is 0 Å². The highest BCUT2D eigenvalue weighted by Crippen LogP contribution is 2.13. The molecule has 0 saturated heterocycles. The van der Waals surface area contributed by atoms with Crippen molar-refractivity contribution in [2.24, 2.45) is 0 Å². The number of benzene rings is 2. The van der Waals surface area contributed by atoms with E-state index in [1.165, 1.54) is 5.56 Å². The van der Waals surface area contributed by atoms with Crippen LogP contribution in [0.5, 0.6) is 0 Å². The van der Waals surface area contributed by atoms with Crippen molar-refractivity contribution in [1.29, 1.82) is 0 Å². The van der Waals surface area contributed by atoms with Gasteiger partial charge in [-0.2, -0.15) is 0 Å². The molecule has 0 spiro atoms. The van der Waals surface area contributed by atoms with E-state index in [1.807, 2.05) is 58.0 Å². The topological polar surface area (TPSA) is 43.1 Å². The summed E-state index contributed by atoms with van der Waals surface area (Å²) in [7, 11) is 0. The molecule has 0 unspecified atom stereocenters. The zero-order valence-corrected chi connectivity index (χ0v) is 13.4. The van der Waals surface area contributed by atoms with Crippen LogP contribution in [0.1, 0.15) is 38.8 Å². The summed E-state index contributed by atoms with van der Waals surface area (Å²) in [6, 6.07) is 17.0. The Morgan fingerprint density at radius 1 is 0.762 bits per heavy atom. The third-order valence-corrected chi connectivity index (χ3v) is 2.69. The van der Waals surface area contributed by atoms with Crippen molar-refractivity contribution in [2.45, 2.75) is 40.5 Å². The molecule has 2 aromatic carbocycles. The zero-order chi connectivity index (χ0) is 16.1. The lowest BCUT2D eigenvalue weighted by Crippen LogP contribution is -1.92. The van der Waals surface area contributed by atoms with Gasteiger partial charge in [0.25, 0.3) is 5.69 Å². The standard InChI is InChI=1S/C14H13NO2.2C2H6/c16-15(17)14-10-8-13(9-11-14)7-6-12-4-2-1-3-5-12;2*1-2/h1-5,8-11H,6-7H2;2*1-2H3. The Morgan fingerprint density at radius 2 is 1.19 bits per heavy atom. The van der Waals surface area contributed by atoms with Crippen molar-refractivity contribution < 1.29 is 4.92 Å². The van der Waals surface area contributed by atoms with Crippen LogP contribution in [-0.2, 0) is 12.8 Å². The van der Waals surface area contributed by atoms with Crippen molar-refractivity contribution in [1.82, 2.24) is 0 Å². The first-order chi connectivity index (χ1) is 10.3. The van der Waals surface area contributed by atoms with Crippen LogP contribution in [0.2, 0.25) is 0 Å². The lowest BCUT2D eigenvalue weighted by atomic mass is 10.0. The van der Waals surface area contributed by atoms with Gasteiger partial charge < -0.3 is 0 Å². The minimum Gasteiger partial charge on any atom is -0.258 e. The maximum atomic E-state index is 10.5. The number of nitrogens with zero attached hydrogens (tertiary/aromatic N) is 1.